The van der Waals surface area contributed by atoms with Gasteiger partial charge in [-0.25, -0.2) is 0 Å². The number of rotatable bonds is 6. The molecule has 1 spiro atoms. The Balaban J connectivity index is 1.58. The summed E-state index contributed by atoms with van der Waals surface area (Å²) in [6.07, 6.45) is 7.20. The van der Waals surface area contributed by atoms with Crippen LogP contribution in [-0.2, 0) is 9.53 Å². The van der Waals surface area contributed by atoms with Crippen molar-refractivity contribution in [3.05, 3.63) is 0 Å². The van der Waals surface area contributed by atoms with Crippen molar-refractivity contribution in [3.63, 3.8) is 0 Å². The molecule has 1 amide bonds. The minimum absolute atomic E-state index is 0.185. The van der Waals surface area contributed by atoms with Crippen LogP contribution >= 0.6 is 0 Å². The number of carbonyl (C=O) groups is 1. The summed E-state index contributed by atoms with van der Waals surface area (Å²) in [4.78, 5) is 14.8. The van der Waals surface area contributed by atoms with E-state index in [4.69, 9.17) is 4.74 Å². The van der Waals surface area contributed by atoms with Crippen LogP contribution in [0.2, 0.25) is 0 Å². The largest absolute Gasteiger partial charge is 0.379 e. The highest BCUT2D eigenvalue weighted by Gasteiger charge is 2.52. The summed E-state index contributed by atoms with van der Waals surface area (Å²) in [5, 5.41) is 3.65. The summed E-state index contributed by atoms with van der Waals surface area (Å²) in [6.45, 7) is 6.69. The van der Waals surface area contributed by atoms with E-state index < -0.39 is 0 Å². The summed E-state index contributed by atoms with van der Waals surface area (Å²) in [6, 6.07) is 0. The van der Waals surface area contributed by atoms with Gasteiger partial charge < -0.3 is 9.64 Å². The first kappa shape index (κ1) is 14.3. The molecule has 1 unspecified atom stereocenters. The third kappa shape index (κ3) is 2.73. The second-order valence-electron chi connectivity index (χ2n) is 7.14. The fraction of sp³-hybridized carbons (Fsp3) is 0.938. The highest BCUT2D eigenvalue weighted by atomic mass is 16.5. The molecule has 0 bridgehead atoms. The Kier molecular flexibility index (Phi) is 4.04. The first-order valence-corrected chi connectivity index (χ1v) is 8.29. The minimum Gasteiger partial charge on any atom is -0.379 e. The van der Waals surface area contributed by atoms with Crippen LogP contribution in [0.25, 0.3) is 0 Å². The van der Waals surface area contributed by atoms with Gasteiger partial charge in [-0.2, -0.15) is 0 Å². The normalized spacial score (nSPS) is 29.1. The van der Waals surface area contributed by atoms with Gasteiger partial charge in [-0.3, -0.25) is 10.1 Å². The van der Waals surface area contributed by atoms with Gasteiger partial charge in [0.1, 0.15) is 0 Å². The Morgan fingerprint density at radius 1 is 1.35 bits per heavy atom. The maximum atomic E-state index is 12.8. The molecule has 3 fully saturated rings. The van der Waals surface area contributed by atoms with Gasteiger partial charge in [0.25, 0.3) is 0 Å². The van der Waals surface area contributed by atoms with E-state index in [2.05, 4.69) is 19.2 Å². The van der Waals surface area contributed by atoms with Crippen LogP contribution in [0.15, 0.2) is 0 Å². The van der Waals surface area contributed by atoms with E-state index in [0.29, 0.717) is 18.4 Å². The van der Waals surface area contributed by atoms with Crippen molar-refractivity contribution in [1.29, 1.82) is 0 Å². The first-order valence-electron chi connectivity index (χ1n) is 8.29. The van der Waals surface area contributed by atoms with E-state index in [-0.39, 0.29) is 11.7 Å². The molecule has 1 saturated heterocycles. The lowest BCUT2D eigenvalue weighted by Gasteiger charge is -2.27. The van der Waals surface area contributed by atoms with Crippen molar-refractivity contribution in [2.24, 2.45) is 11.8 Å². The molecule has 1 aliphatic heterocycles. The highest BCUT2D eigenvalue weighted by Crippen LogP contribution is 2.37. The molecule has 4 nitrogen and oxygen atoms in total. The third-order valence-corrected chi connectivity index (χ3v) is 5.05. The Morgan fingerprint density at radius 3 is 2.65 bits per heavy atom. The molecule has 0 aromatic rings. The fourth-order valence-corrected chi connectivity index (χ4v) is 3.63. The second-order valence-corrected chi connectivity index (χ2v) is 7.14. The van der Waals surface area contributed by atoms with E-state index in [1.54, 1.807) is 0 Å². The zero-order valence-corrected chi connectivity index (χ0v) is 12.9. The van der Waals surface area contributed by atoms with E-state index in [9.17, 15) is 4.79 Å². The number of hydrogen-bond acceptors (Lipinski definition) is 3. The maximum Gasteiger partial charge on any atom is 0.244 e. The van der Waals surface area contributed by atoms with Gasteiger partial charge in [0.2, 0.25) is 5.91 Å². The number of nitrogens with zero attached hydrogens (tertiary/aromatic N) is 1. The highest BCUT2D eigenvalue weighted by molar-refractivity contribution is 5.89. The molecule has 3 aliphatic rings. The fourth-order valence-electron chi connectivity index (χ4n) is 3.63. The van der Waals surface area contributed by atoms with Crippen molar-refractivity contribution in [3.8, 4) is 0 Å². The zero-order chi connectivity index (χ0) is 14.2. The van der Waals surface area contributed by atoms with Gasteiger partial charge in [-0.15, -0.1) is 0 Å². The molecule has 4 heteroatoms. The molecule has 1 heterocycles. The number of carbonyl (C=O) groups excluding carboxylic acids is 1. The lowest BCUT2D eigenvalue weighted by molar-refractivity contribution is -0.134. The van der Waals surface area contributed by atoms with Gasteiger partial charge in [0.15, 0.2) is 0 Å². The summed E-state index contributed by atoms with van der Waals surface area (Å²) in [5.41, 5.74) is -0.245. The Bertz CT molecular complexity index is 359. The molecule has 114 valence electrons. The number of amides is 1. The quantitative estimate of drug-likeness (QED) is 0.758. The second kappa shape index (κ2) is 5.64. The minimum atomic E-state index is -0.245. The first-order chi connectivity index (χ1) is 9.62. The van der Waals surface area contributed by atoms with Gasteiger partial charge in [0.05, 0.1) is 18.3 Å². The Labute approximate surface area is 122 Å². The van der Waals surface area contributed by atoms with Crippen molar-refractivity contribution >= 4 is 5.91 Å². The average Bonchev–Trinajstić information content (AvgIpc) is 3.05. The Morgan fingerprint density at radius 2 is 2.05 bits per heavy atom. The molecule has 2 saturated carbocycles. The predicted octanol–water partition coefficient (Wildman–Crippen LogP) is 2.14. The summed E-state index contributed by atoms with van der Waals surface area (Å²) in [7, 11) is 0. The lowest BCUT2D eigenvalue weighted by Crippen LogP contribution is -2.45. The van der Waals surface area contributed by atoms with Crippen molar-refractivity contribution in [2.45, 2.75) is 64.1 Å². The third-order valence-electron chi connectivity index (χ3n) is 5.05. The van der Waals surface area contributed by atoms with Crippen LogP contribution in [0.1, 0.15) is 52.4 Å². The van der Waals surface area contributed by atoms with Crippen LogP contribution in [0.3, 0.4) is 0 Å². The molecule has 1 atom stereocenters. The van der Waals surface area contributed by atoms with E-state index in [1.807, 2.05) is 4.90 Å². The molecule has 0 aromatic heterocycles. The van der Waals surface area contributed by atoms with Gasteiger partial charge in [0, 0.05) is 13.2 Å². The van der Waals surface area contributed by atoms with Gasteiger partial charge in [-0.05, 0) is 37.5 Å². The van der Waals surface area contributed by atoms with E-state index in [0.717, 1.165) is 31.9 Å². The average molecular weight is 280 g/mol. The predicted molar refractivity (Wildman–Crippen MR) is 78.2 cm³/mol. The zero-order valence-electron chi connectivity index (χ0n) is 12.9. The standard InChI is InChI=1S/C16H28N2O2/c1-12(2)14-17-16(7-3-4-8-16)15(19)18(14)9-10-20-11-13-5-6-13/h12-14,17H,3-11H2,1-2H3. The molecule has 0 aromatic carbocycles. The molecular formula is C16H28N2O2. The molecule has 20 heavy (non-hydrogen) atoms. The number of nitrogens with one attached hydrogen (secondary N) is 1. The monoisotopic (exact) mass is 280 g/mol. The van der Waals surface area contributed by atoms with Crippen molar-refractivity contribution < 1.29 is 9.53 Å². The maximum absolute atomic E-state index is 12.8. The number of ether oxygens (including phenoxy) is 1. The summed E-state index contributed by atoms with van der Waals surface area (Å²) < 4.78 is 5.73. The smallest absolute Gasteiger partial charge is 0.244 e. The van der Waals surface area contributed by atoms with Crippen LogP contribution in [-0.4, -0.2) is 42.3 Å². The molecule has 1 N–H and O–H groups in total. The van der Waals surface area contributed by atoms with Crippen molar-refractivity contribution in [2.75, 3.05) is 19.8 Å². The van der Waals surface area contributed by atoms with Crippen LogP contribution in [0.5, 0.6) is 0 Å². The van der Waals surface area contributed by atoms with E-state index in [1.165, 1.54) is 25.7 Å². The topological polar surface area (TPSA) is 41.6 Å². The van der Waals surface area contributed by atoms with Crippen molar-refractivity contribution in [1.82, 2.24) is 10.2 Å². The lowest BCUT2D eigenvalue weighted by atomic mass is 9.98. The van der Waals surface area contributed by atoms with Gasteiger partial charge in [-0.1, -0.05) is 26.7 Å². The summed E-state index contributed by atoms with van der Waals surface area (Å²) in [5.74, 6) is 1.57. The van der Waals surface area contributed by atoms with Crippen LogP contribution in [0.4, 0.5) is 0 Å². The SMILES string of the molecule is CC(C)C1NC2(CCCC2)C(=O)N1CCOCC1CC1. The van der Waals surface area contributed by atoms with E-state index >= 15 is 0 Å². The van der Waals surface area contributed by atoms with Gasteiger partial charge >= 0.3 is 0 Å². The van der Waals surface area contributed by atoms with Crippen LogP contribution < -0.4 is 5.32 Å². The Hall–Kier alpha value is -0.610. The number of hydrogen-bond donors (Lipinski definition) is 1. The van der Waals surface area contributed by atoms with Crippen LogP contribution in [0, 0.1) is 11.8 Å². The summed E-state index contributed by atoms with van der Waals surface area (Å²) >= 11 is 0. The molecule has 0 radical (unpaired) electrons. The molecule has 2 aliphatic carbocycles. The molecular weight excluding hydrogens is 252 g/mol. The molecule has 3 rings (SSSR count).